The van der Waals surface area contributed by atoms with Gasteiger partial charge in [-0.1, -0.05) is 0 Å². The van der Waals surface area contributed by atoms with Crippen molar-refractivity contribution < 1.29 is 14.9 Å². The maximum Gasteiger partial charge on any atom is 0.0900 e. The lowest BCUT2D eigenvalue weighted by Gasteiger charge is -2.24. The van der Waals surface area contributed by atoms with E-state index in [-0.39, 0.29) is 12.6 Å². The fraction of sp³-hybridized carbons (Fsp3) is 1.00. The molecule has 0 aromatic rings. The Kier molecular flexibility index (Phi) is 4.66. The van der Waals surface area contributed by atoms with Crippen molar-refractivity contribution in [1.82, 2.24) is 4.90 Å². The standard InChI is InChI=1S/C9H19NO3/c1-13-7-9(12)5-10-4-2-3-8(10)6-11/h8-9,11-12H,2-7H2,1H3/t8-,9?/m1/s1. The van der Waals surface area contributed by atoms with E-state index in [1.165, 1.54) is 0 Å². The SMILES string of the molecule is COCC(O)CN1CCC[C@@H]1CO. The Balaban J connectivity index is 2.26. The summed E-state index contributed by atoms with van der Waals surface area (Å²) >= 11 is 0. The van der Waals surface area contributed by atoms with Crippen molar-refractivity contribution in [2.45, 2.75) is 25.0 Å². The van der Waals surface area contributed by atoms with Crippen LogP contribution < -0.4 is 0 Å². The summed E-state index contributed by atoms with van der Waals surface area (Å²) in [6.07, 6.45) is 1.72. The minimum absolute atomic E-state index is 0.194. The lowest BCUT2D eigenvalue weighted by Crippen LogP contribution is -2.39. The Labute approximate surface area is 79.1 Å². The van der Waals surface area contributed by atoms with Gasteiger partial charge in [0.15, 0.2) is 0 Å². The molecule has 1 unspecified atom stereocenters. The van der Waals surface area contributed by atoms with E-state index in [2.05, 4.69) is 4.90 Å². The zero-order valence-corrected chi connectivity index (χ0v) is 8.15. The molecule has 2 N–H and O–H groups in total. The predicted octanol–water partition coefficient (Wildman–Crippen LogP) is -0.550. The summed E-state index contributed by atoms with van der Waals surface area (Å²) in [6.45, 7) is 2.15. The Hall–Kier alpha value is -0.160. The first-order valence-electron chi connectivity index (χ1n) is 4.79. The maximum atomic E-state index is 9.47. The van der Waals surface area contributed by atoms with Crippen LogP contribution in [0.2, 0.25) is 0 Å². The summed E-state index contributed by atoms with van der Waals surface area (Å²) in [5.74, 6) is 0. The molecule has 4 heteroatoms. The van der Waals surface area contributed by atoms with Crippen LogP contribution >= 0.6 is 0 Å². The van der Waals surface area contributed by atoms with Gasteiger partial charge in [0.1, 0.15) is 0 Å². The normalized spacial score (nSPS) is 26.5. The molecule has 0 amide bonds. The van der Waals surface area contributed by atoms with Gasteiger partial charge in [0, 0.05) is 19.7 Å². The van der Waals surface area contributed by atoms with E-state index in [1.54, 1.807) is 7.11 Å². The number of hydrogen-bond donors (Lipinski definition) is 2. The van der Waals surface area contributed by atoms with Crippen molar-refractivity contribution >= 4 is 0 Å². The Morgan fingerprint density at radius 3 is 3.00 bits per heavy atom. The van der Waals surface area contributed by atoms with Gasteiger partial charge in [-0.2, -0.15) is 0 Å². The van der Waals surface area contributed by atoms with E-state index in [1.807, 2.05) is 0 Å². The van der Waals surface area contributed by atoms with Gasteiger partial charge < -0.3 is 14.9 Å². The number of methoxy groups -OCH3 is 1. The zero-order valence-electron chi connectivity index (χ0n) is 8.15. The van der Waals surface area contributed by atoms with E-state index in [0.717, 1.165) is 19.4 Å². The topological polar surface area (TPSA) is 52.9 Å². The molecular weight excluding hydrogens is 170 g/mol. The van der Waals surface area contributed by atoms with Crippen molar-refractivity contribution in [1.29, 1.82) is 0 Å². The van der Waals surface area contributed by atoms with Crippen LogP contribution in [0.3, 0.4) is 0 Å². The fourth-order valence-electron chi connectivity index (χ4n) is 1.86. The summed E-state index contributed by atoms with van der Waals surface area (Å²) in [7, 11) is 1.58. The highest BCUT2D eigenvalue weighted by molar-refractivity contribution is 4.79. The number of ether oxygens (including phenoxy) is 1. The van der Waals surface area contributed by atoms with Crippen LogP contribution in [-0.4, -0.2) is 60.7 Å². The van der Waals surface area contributed by atoms with Gasteiger partial charge in [-0.25, -0.2) is 0 Å². The first-order valence-corrected chi connectivity index (χ1v) is 4.79. The van der Waals surface area contributed by atoms with Gasteiger partial charge in [0.25, 0.3) is 0 Å². The molecule has 1 aliphatic heterocycles. The second-order valence-electron chi connectivity index (χ2n) is 3.58. The highest BCUT2D eigenvalue weighted by atomic mass is 16.5. The summed E-state index contributed by atoms with van der Waals surface area (Å²) in [4.78, 5) is 2.13. The highest BCUT2D eigenvalue weighted by Crippen LogP contribution is 2.16. The molecule has 1 aliphatic rings. The smallest absolute Gasteiger partial charge is 0.0900 e. The Morgan fingerprint density at radius 2 is 2.38 bits per heavy atom. The monoisotopic (exact) mass is 189 g/mol. The molecule has 1 fully saturated rings. The molecule has 0 aromatic carbocycles. The zero-order chi connectivity index (χ0) is 9.68. The lowest BCUT2D eigenvalue weighted by molar-refractivity contribution is 0.0283. The Morgan fingerprint density at radius 1 is 1.62 bits per heavy atom. The molecule has 0 spiro atoms. The second-order valence-corrected chi connectivity index (χ2v) is 3.58. The summed E-state index contributed by atoms with van der Waals surface area (Å²) < 4.78 is 4.84. The van der Waals surface area contributed by atoms with Crippen molar-refractivity contribution in [2.24, 2.45) is 0 Å². The average molecular weight is 189 g/mol. The Bertz CT molecular complexity index is 143. The van der Waals surface area contributed by atoms with Crippen molar-refractivity contribution in [3.05, 3.63) is 0 Å². The van der Waals surface area contributed by atoms with Gasteiger partial charge in [0.05, 0.1) is 19.3 Å². The van der Waals surface area contributed by atoms with Gasteiger partial charge >= 0.3 is 0 Å². The minimum Gasteiger partial charge on any atom is -0.395 e. The third-order valence-corrected chi connectivity index (χ3v) is 2.51. The van der Waals surface area contributed by atoms with Crippen LogP contribution in [0.15, 0.2) is 0 Å². The molecule has 1 saturated heterocycles. The highest BCUT2D eigenvalue weighted by Gasteiger charge is 2.25. The molecule has 1 heterocycles. The molecule has 2 atom stereocenters. The average Bonchev–Trinajstić information content (AvgIpc) is 2.52. The molecule has 13 heavy (non-hydrogen) atoms. The quantitative estimate of drug-likeness (QED) is 0.609. The van der Waals surface area contributed by atoms with Gasteiger partial charge in [0.2, 0.25) is 0 Å². The summed E-state index contributed by atoms with van der Waals surface area (Å²) in [6, 6.07) is 0.242. The van der Waals surface area contributed by atoms with E-state index in [0.29, 0.717) is 13.2 Å². The van der Waals surface area contributed by atoms with E-state index in [9.17, 15) is 5.11 Å². The minimum atomic E-state index is -0.433. The van der Waals surface area contributed by atoms with Crippen LogP contribution in [-0.2, 0) is 4.74 Å². The van der Waals surface area contributed by atoms with Gasteiger partial charge in [-0.3, -0.25) is 4.90 Å². The number of rotatable bonds is 5. The summed E-state index contributed by atoms with van der Waals surface area (Å²) in [5.41, 5.74) is 0. The maximum absolute atomic E-state index is 9.47. The van der Waals surface area contributed by atoms with Crippen molar-refractivity contribution in [3.63, 3.8) is 0 Å². The first-order chi connectivity index (χ1) is 6.27. The molecule has 0 aromatic heterocycles. The largest absolute Gasteiger partial charge is 0.395 e. The number of likely N-dealkylation sites (tertiary alicyclic amines) is 1. The number of β-amino-alcohol motifs (C(OH)–C–C–N with tert-alkyl or cyclic N) is 1. The van der Waals surface area contributed by atoms with Gasteiger partial charge in [-0.05, 0) is 19.4 Å². The fourth-order valence-corrected chi connectivity index (χ4v) is 1.86. The van der Waals surface area contributed by atoms with Crippen LogP contribution in [0.5, 0.6) is 0 Å². The van der Waals surface area contributed by atoms with Crippen molar-refractivity contribution in [2.75, 3.05) is 33.4 Å². The molecule has 0 bridgehead atoms. The van der Waals surface area contributed by atoms with E-state index in [4.69, 9.17) is 9.84 Å². The number of hydrogen-bond acceptors (Lipinski definition) is 4. The van der Waals surface area contributed by atoms with Crippen LogP contribution in [0.25, 0.3) is 0 Å². The number of aliphatic hydroxyl groups excluding tert-OH is 2. The predicted molar refractivity (Wildman–Crippen MR) is 49.6 cm³/mol. The van der Waals surface area contributed by atoms with Gasteiger partial charge in [-0.15, -0.1) is 0 Å². The first kappa shape index (κ1) is 10.9. The second kappa shape index (κ2) is 5.54. The third-order valence-electron chi connectivity index (χ3n) is 2.51. The van der Waals surface area contributed by atoms with Crippen molar-refractivity contribution in [3.8, 4) is 0 Å². The molecule has 1 rings (SSSR count). The van der Waals surface area contributed by atoms with E-state index < -0.39 is 6.10 Å². The molecule has 78 valence electrons. The molecule has 0 saturated carbocycles. The van der Waals surface area contributed by atoms with Crippen LogP contribution in [0.1, 0.15) is 12.8 Å². The molecule has 4 nitrogen and oxygen atoms in total. The van der Waals surface area contributed by atoms with Crippen LogP contribution in [0.4, 0.5) is 0 Å². The molecule has 0 aliphatic carbocycles. The number of aliphatic hydroxyl groups is 2. The molecule has 0 radical (unpaired) electrons. The molecular formula is C9H19NO3. The lowest BCUT2D eigenvalue weighted by atomic mass is 10.2. The third kappa shape index (κ3) is 3.23. The summed E-state index contributed by atoms with van der Waals surface area (Å²) in [5, 5.41) is 18.5. The van der Waals surface area contributed by atoms with E-state index >= 15 is 0 Å². The number of nitrogens with zero attached hydrogens (tertiary/aromatic N) is 1. The van der Waals surface area contributed by atoms with Crippen LogP contribution in [0, 0.1) is 0 Å².